The average Bonchev–Trinajstić information content (AvgIpc) is 2.58. The molecule has 0 saturated heterocycles. The SMILES string of the molecule is Cc1ccc2c(c1)NC(=O)[C@H](Br)C[C@@H]2Cc1ccccc1. The smallest absolute Gasteiger partial charge is 0.238 e. The molecule has 2 aromatic carbocycles. The Bertz CT molecular complexity index is 654. The van der Waals surface area contributed by atoms with Gasteiger partial charge < -0.3 is 5.32 Å². The van der Waals surface area contributed by atoms with E-state index in [-0.39, 0.29) is 10.7 Å². The van der Waals surface area contributed by atoms with Gasteiger partial charge in [0.2, 0.25) is 5.91 Å². The summed E-state index contributed by atoms with van der Waals surface area (Å²) in [7, 11) is 0. The van der Waals surface area contributed by atoms with Crippen molar-refractivity contribution in [2.45, 2.75) is 30.5 Å². The molecule has 1 amide bonds. The maximum absolute atomic E-state index is 12.1. The maximum Gasteiger partial charge on any atom is 0.238 e. The molecule has 0 bridgehead atoms. The van der Waals surface area contributed by atoms with Crippen LogP contribution in [0.2, 0.25) is 0 Å². The van der Waals surface area contributed by atoms with Gasteiger partial charge >= 0.3 is 0 Å². The fourth-order valence-electron chi connectivity index (χ4n) is 2.92. The molecule has 1 aliphatic heterocycles. The number of carbonyl (C=O) groups is 1. The van der Waals surface area contributed by atoms with Gasteiger partial charge in [0.15, 0.2) is 0 Å². The van der Waals surface area contributed by atoms with Gasteiger partial charge in [0.1, 0.15) is 0 Å². The lowest BCUT2D eigenvalue weighted by Gasteiger charge is -2.18. The Morgan fingerprint density at radius 2 is 1.95 bits per heavy atom. The number of halogens is 1. The second-order valence-corrected chi connectivity index (χ2v) is 6.78. The Morgan fingerprint density at radius 1 is 1.19 bits per heavy atom. The Labute approximate surface area is 133 Å². The van der Waals surface area contributed by atoms with Crippen LogP contribution < -0.4 is 5.32 Å². The van der Waals surface area contributed by atoms with Crippen molar-refractivity contribution in [3.05, 3.63) is 65.2 Å². The predicted molar refractivity (Wildman–Crippen MR) is 90.0 cm³/mol. The van der Waals surface area contributed by atoms with E-state index in [1.165, 1.54) is 16.7 Å². The van der Waals surface area contributed by atoms with Gasteiger partial charge in [-0.05, 0) is 48.4 Å². The molecule has 0 radical (unpaired) electrons. The van der Waals surface area contributed by atoms with Crippen molar-refractivity contribution >= 4 is 27.5 Å². The lowest BCUT2D eigenvalue weighted by atomic mass is 9.87. The second-order valence-electron chi connectivity index (χ2n) is 5.67. The van der Waals surface area contributed by atoms with Gasteiger partial charge in [0, 0.05) is 5.69 Å². The zero-order valence-corrected chi connectivity index (χ0v) is 13.6. The van der Waals surface area contributed by atoms with Crippen LogP contribution >= 0.6 is 15.9 Å². The molecule has 21 heavy (non-hydrogen) atoms. The van der Waals surface area contributed by atoms with Gasteiger partial charge in [-0.25, -0.2) is 0 Å². The third kappa shape index (κ3) is 3.18. The molecular formula is C18H18BrNO. The molecule has 1 aliphatic rings. The average molecular weight is 344 g/mol. The minimum absolute atomic E-state index is 0.0532. The Kier molecular flexibility index (Phi) is 4.11. The molecule has 3 rings (SSSR count). The number of aryl methyl sites for hydroxylation is 1. The number of carbonyl (C=O) groups excluding carboxylic acids is 1. The molecule has 0 saturated carbocycles. The van der Waals surface area contributed by atoms with Crippen LogP contribution in [0.15, 0.2) is 48.5 Å². The van der Waals surface area contributed by atoms with Crippen LogP contribution in [-0.2, 0) is 11.2 Å². The lowest BCUT2D eigenvalue weighted by molar-refractivity contribution is -0.115. The van der Waals surface area contributed by atoms with Crippen molar-refractivity contribution < 1.29 is 4.79 Å². The second kappa shape index (κ2) is 6.02. The highest BCUT2D eigenvalue weighted by atomic mass is 79.9. The fourth-order valence-corrected chi connectivity index (χ4v) is 3.49. The molecule has 108 valence electrons. The van der Waals surface area contributed by atoms with Crippen LogP contribution in [0.1, 0.15) is 29.0 Å². The van der Waals surface area contributed by atoms with E-state index in [0.717, 1.165) is 18.5 Å². The van der Waals surface area contributed by atoms with Crippen LogP contribution in [0, 0.1) is 6.92 Å². The molecule has 0 aliphatic carbocycles. The first-order valence-corrected chi connectivity index (χ1v) is 8.14. The Hall–Kier alpha value is -1.61. The van der Waals surface area contributed by atoms with E-state index < -0.39 is 0 Å². The maximum atomic E-state index is 12.1. The van der Waals surface area contributed by atoms with Crippen LogP contribution in [0.4, 0.5) is 5.69 Å². The van der Waals surface area contributed by atoms with Gasteiger partial charge in [0.25, 0.3) is 0 Å². The molecule has 0 fully saturated rings. The number of fused-ring (bicyclic) bond motifs is 1. The Balaban J connectivity index is 1.97. The van der Waals surface area contributed by atoms with Gasteiger partial charge in [-0.1, -0.05) is 58.4 Å². The van der Waals surface area contributed by atoms with Gasteiger partial charge in [-0.15, -0.1) is 0 Å². The number of benzene rings is 2. The molecule has 2 atom stereocenters. The van der Waals surface area contributed by atoms with Crippen molar-refractivity contribution in [3.63, 3.8) is 0 Å². The lowest BCUT2D eigenvalue weighted by Crippen LogP contribution is -2.21. The zero-order valence-electron chi connectivity index (χ0n) is 12.0. The Morgan fingerprint density at radius 3 is 2.71 bits per heavy atom. The number of hydrogen-bond acceptors (Lipinski definition) is 1. The first kappa shape index (κ1) is 14.3. The van der Waals surface area contributed by atoms with Crippen molar-refractivity contribution in [2.75, 3.05) is 5.32 Å². The molecule has 0 unspecified atom stereocenters. The normalized spacial score (nSPS) is 21.3. The van der Waals surface area contributed by atoms with Crippen LogP contribution in [0.5, 0.6) is 0 Å². The molecule has 3 heteroatoms. The summed E-state index contributed by atoms with van der Waals surface area (Å²) in [6.07, 6.45) is 1.77. The highest BCUT2D eigenvalue weighted by molar-refractivity contribution is 9.10. The minimum Gasteiger partial charge on any atom is -0.325 e. The third-order valence-electron chi connectivity index (χ3n) is 4.01. The fraction of sp³-hybridized carbons (Fsp3) is 0.278. The molecule has 2 nitrogen and oxygen atoms in total. The van der Waals surface area contributed by atoms with E-state index in [2.05, 4.69) is 70.6 Å². The van der Waals surface area contributed by atoms with E-state index >= 15 is 0 Å². The van der Waals surface area contributed by atoms with Crippen molar-refractivity contribution in [2.24, 2.45) is 0 Å². The van der Waals surface area contributed by atoms with Gasteiger partial charge in [-0.3, -0.25) is 4.79 Å². The quantitative estimate of drug-likeness (QED) is 0.803. The summed E-state index contributed by atoms with van der Waals surface area (Å²) in [4.78, 5) is 12.0. The van der Waals surface area contributed by atoms with Crippen molar-refractivity contribution in [3.8, 4) is 0 Å². The highest BCUT2D eigenvalue weighted by Crippen LogP contribution is 2.36. The van der Waals surface area contributed by atoms with E-state index in [1.807, 2.05) is 6.07 Å². The monoisotopic (exact) mass is 343 g/mol. The van der Waals surface area contributed by atoms with E-state index in [0.29, 0.717) is 5.92 Å². The number of nitrogens with one attached hydrogen (secondary N) is 1. The first-order chi connectivity index (χ1) is 10.1. The van der Waals surface area contributed by atoms with Gasteiger partial charge in [0.05, 0.1) is 4.83 Å². The summed E-state index contributed by atoms with van der Waals surface area (Å²) in [5, 5.41) is 3.04. The minimum atomic E-state index is -0.140. The molecule has 2 aromatic rings. The third-order valence-corrected chi connectivity index (χ3v) is 4.80. The summed E-state index contributed by atoms with van der Waals surface area (Å²) < 4.78 is 0. The first-order valence-electron chi connectivity index (χ1n) is 7.23. The molecule has 1 heterocycles. The number of hydrogen-bond donors (Lipinski definition) is 1. The number of alkyl halides is 1. The summed E-state index contributed by atoms with van der Waals surface area (Å²) in [6, 6.07) is 16.8. The van der Waals surface area contributed by atoms with Crippen LogP contribution in [0.25, 0.3) is 0 Å². The van der Waals surface area contributed by atoms with E-state index in [4.69, 9.17) is 0 Å². The molecule has 0 aromatic heterocycles. The molecular weight excluding hydrogens is 326 g/mol. The van der Waals surface area contributed by atoms with E-state index in [1.54, 1.807) is 0 Å². The summed E-state index contributed by atoms with van der Waals surface area (Å²) in [5.74, 6) is 0.392. The van der Waals surface area contributed by atoms with Gasteiger partial charge in [-0.2, -0.15) is 0 Å². The summed E-state index contributed by atoms with van der Waals surface area (Å²) in [5.41, 5.74) is 4.67. The standard InChI is InChI=1S/C18H18BrNO/c1-12-7-8-15-14(10-13-5-3-2-4-6-13)11-16(19)18(21)20-17(15)9-12/h2-9,14,16H,10-11H2,1H3,(H,20,21)/t14-,16+/m0/s1. The predicted octanol–water partition coefficient (Wildman–Crippen LogP) is 4.43. The van der Waals surface area contributed by atoms with Crippen molar-refractivity contribution in [1.82, 2.24) is 0 Å². The van der Waals surface area contributed by atoms with Crippen LogP contribution in [0.3, 0.4) is 0 Å². The molecule has 1 N–H and O–H groups in total. The number of rotatable bonds is 2. The zero-order chi connectivity index (χ0) is 14.8. The molecule has 0 spiro atoms. The van der Waals surface area contributed by atoms with Crippen molar-refractivity contribution in [1.29, 1.82) is 0 Å². The highest BCUT2D eigenvalue weighted by Gasteiger charge is 2.28. The summed E-state index contributed by atoms with van der Waals surface area (Å²) in [6.45, 7) is 2.05. The topological polar surface area (TPSA) is 29.1 Å². The number of amides is 1. The number of anilines is 1. The van der Waals surface area contributed by atoms with E-state index in [9.17, 15) is 4.79 Å². The largest absolute Gasteiger partial charge is 0.325 e. The van der Waals surface area contributed by atoms with Crippen LogP contribution in [-0.4, -0.2) is 10.7 Å². The summed E-state index contributed by atoms with van der Waals surface area (Å²) >= 11 is 3.52.